The fourth-order valence-corrected chi connectivity index (χ4v) is 4.83. The lowest BCUT2D eigenvalue weighted by Crippen LogP contribution is -2.58. The third-order valence-corrected chi connectivity index (χ3v) is 7.18. The van der Waals surface area contributed by atoms with Crippen molar-refractivity contribution in [2.45, 2.75) is 82.8 Å². The predicted octanol–water partition coefficient (Wildman–Crippen LogP) is 1.49. The van der Waals surface area contributed by atoms with Gasteiger partial charge in [-0.1, -0.05) is 60.7 Å². The largest absolute Gasteiger partial charge is 0.444 e. The van der Waals surface area contributed by atoms with E-state index in [1.165, 1.54) is 11.9 Å². The van der Waals surface area contributed by atoms with Gasteiger partial charge in [0.2, 0.25) is 17.7 Å². The Morgan fingerprint density at radius 3 is 2.20 bits per heavy atom. The van der Waals surface area contributed by atoms with Gasteiger partial charge in [-0.2, -0.15) is 0 Å². The molecule has 12 nitrogen and oxygen atoms in total. The minimum absolute atomic E-state index is 0.0351. The van der Waals surface area contributed by atoms with Gasteiger partial charge in [0.1, 0.15) is 12.6 Å². The third kappa shape index (κ3) is 9.88. The van der Waals surface area contributed by atoms with E-state index >= 15 is 0 Å². The summed E-state index contributed by atoms with van der Waals surface area (Å²) in [6.45, 7) is 5.76. The average molecular weight is 610 g/mol. The molecule has 0 saturated carbocycles. The molecule has 1 aliphatic heterocycles. The van der Waals surface area contributed by atoms with Crippen molar-refractivity contribution in [2.75, 3.05) is 13.6 Å². The van der Waals surface area contributed by atoms with Crippen LogP contribution in [0.4, 0.5) is 4.79 Å². The van der Waals surface area contributed by atoms with Crippen molar-refractivity contribution in [3.05, 3.63) is 71.8 Å². The monoisotopic (exact) mass is 609 g/mol. The second-order valence-corrected chi connectivity index (χ2v) is 12.0. The zero-order valence-electron chi connectivity index (χ0n) is 25.7. The zero-order chi connectivity index (χ0) is 32.4. The number of carbonyl (C=O) groups excluding carboxylic acids is 5. The van der Waals surface area contributed by atoms with E-state index in [1.54, 1.807) is 48.5 Å². The van der Waals surface area contributed by atoms with E-state index in [4.69, 9.17) is 10.5 Å². The Kier molecular flexibility index (Phi) is 12.0. The molecule has 1 aliphatic rings. The number of imide groups is 1. The van der Waals surface area contributed by atoms with Gasteiger partial charge in [-0.05, 0) is 51.2 Å². The molecule has 0 bridgehead atoms. The Bertz CT molecular complexity index is 1300. The van der Waals surface area contributed by atoms with Gasteiger partial charge in [0.25, 0.3) is 5.91 Å². The van der Waals surface area contributed by atoms with Crippen molar-refractivity contribution in [2.24, 2.45) is 5.73 Å². The highest BCUT2D eigenvalue weighted by molar-refractivity contribution is 5.95. The molecule has 0 radical (unpaired) electrons. The molecule has 5 N–H and O–H groups in total. The maximum atomic E-state index is 13.5. The molecule has 4 atom stereocenters. The van der Waals surface area contributed by atoms with Gasteiger partial charge in [0.05, 0.1) is 18.5 Å². The smallest absolute Gasteiger partial charge is 0.416 e. The number of rotatable bonds is 11. The minimum atomic E-state index is -1.69. The molecule has 2 aromatic rings. The fraction of sp³-hybridized carbons (Fsp3) is 0.469. The van der Waals surface area contributed by atoms with E-state index in [2.05, 4.69) is 10.6 Å². The van der Waals surface area contributed by atoms with Gasteiger partial charge < -0.3 is 31.1 Å². The van der Waals surface area contributed by atoms with E-state index in [0.717, 1.165) is 16.0 Å². The number of nitrogens with one attached hydrogen (secondary N) is 2. The summed E-state index contributed by atoms with van der Waals surface area (Å²) < 4.78 is 5.16. The molecule has 5 amide bonds. The third-order valence-electron chi connectivity index (χ3n) is 7.18. The molecule has 1 saturated heterocycles. The first-order valence-corrected chi connectivity index (χ1v) is 14.6. The molecular formula is C32H43N5O7. The van der Waals surface area contributed by atoms with Crippen molar-refractivity contribution >= 4 is 29.7 Å². The molecule has 0 unspecified atom stereocenters. The van der Waals surface area contributed by atoms with Crippen LogP contribution in [-0.4, -0.2) is 88.0 Å². The average Bonchev–Trinajstić information content (AvgIpc) is 3.49. The number of hydrogen-bond acceptors (Lipinski definition) is 8. The summed E-state index contributed by atoms with van der Waals surface area (Å²) in [6, 6.07) is 14.6. The van der Waals surface area contributed by atoms with Crippen molar-refractivity contribution in [1.29, 1.82) is 0 Å². The molecule has 3 rings (SSSR count). The van der Waals surface area contributed by atoms with Crippen LogP contribution in [0.15, 0.2) is 60.7 Å². The lowest BCUT2D eigenvalue weighted by molar-refractivity contribution is -0.147. The summed E-state index contributed by atoms with van der Waals surface area (Å²) in [7, 11) is 1.23. The number of amides is 5. The Morgan fingerprint density at radius 1 is 1.02 bits per heavy atom. The molecule has 0 spiro atoms. The van der Waals surface area contributed by atoms with Crippen molar-refractivity contribution in [3.8, 4) is 0 Å². The molecule has 0 aliphatic carbocycles. The second kappa shape index (κ2) is 15.4. The number of benzene rings is 2. The number of nitrogens with zero attached hydrogens (tertiary/aromatic N) is 2. The normalized spacial score (nSPS) is 16.8. The minimum Gasteiger partial charge on any atom is -0.444 e. The maximum absolute atomic E-state index is 13.5. The predicted molar refractivity (Wildman–Crippen MR) is 163 cm³/mol. The summed E-state index contributed by atoms with van der Waals surface area (Å²) in [4.78, 5) is 66.7. The van der Waals surface area contributed by atoms with Crippen LogP contribution in [0.5, 0.6) is 0 Å². The van der Waals surface area contributed by atoms with Crippen LogP contribution in [0.3, 0.4) is 0 Å². The second-order valence-electron chi connectivity index (χ2n) is 12.0. The van der Waals surface area contributed by atoms with Crippen molar-refractivity contribution in [3.63, 3.8) is 0 Å². The number of likely N-dealkylation sites (tertiary alicyclic amines) is 1. The Balaban J connectivity index is 1.66. The first-order chi connectivity index (χ1) is 20.8. The van der Waals surface area contributed by atoms with Gasteiger partial charge in [-0.15, -0.1) is 0 Å². The Hall–Kier alpha value is -4.29. The first-order valence-electron chi connectivity index (χ1n) is 14.6. The zero-order valence-corrected chi connectivity index (χ0v) is 25.7. The van der Waals surface area contributed by atoms with Crippen molar-refractivity contribution < 1.29 is 33.8 Å². The first kappa shape index (κ1) is 34.2. The topological polar surface area (TPSA) is 171 Å². The van der Waals surface area contributed by atoms with Crippen LogP contribution in [0, 0.1) is 0 Å². The molecule has 0 aromatic heterocycles. The molecule has 2 aromatic carbocycles. The number of hydrogen-bond donors (Lipinski definition) is 4. The van der Waals surface area contributed by atoms with Crippen LogP contribution in [0.1, 0.15) is 51.2 Å². The van der Waals surface area contributed by atoms with E-state index in [-0.39, 0.29) is 25.5 Å². The summed E-state index contributed by atoms with van der Waals surface area (Å²) in [5, 5.41) is 16.7. The summed E-state index contributed by atoms with van der Waals surface area (Å²) in [5.74, 6) is -2.54. The van der Waals surface area contributed by atoms with E-state index in [9.17, 15) is 29.1 Å². The van der Waals surface area contributed by atoms with Gasteiger partial charge in [0, 0.05) is 19.1 Å². The number of aliphatic hydroxyl groups is 1. The van der Waals surface area contributed by atoms with Gasteiger partial charge >= 0.3 is 6.09 Å². The molecule has 1 fully saturated rings. The van der Waals surface area contributed by atoms with Gasteiger partial charge in [0.15, 0.2) is 6.10 Å². The summed E-state index contributed by atoms with van der Waals surface area (Å²) in [5.41, 5.74) is 7.01. The highest BCUT2D eigenvalue weighted by Gasteiger charge is 2.40. The van der Waals surface area contributed by atoms with Crippen LogP contribution >= 0.6 is 0 Å². The molecule has 12 heteroatoms. The highest BCUT2D eigenvalue weighted by atomic mass is 16.6. The number of carbonyl (C=O) groups is 5. The number of ether oxygens (including phenoxy) is 1. The van der Waals surface area contributed by atoms with E-state index in [1.807, 2.05) is 32.9 Å². The SMILES string of the molecule is CN(C(=O)C[C@H](N)C(=O)N[C@@H](Cc1ccccc1)[C@H](O)C(=O)N1CCC[C@H]1C(=O)NC(C)(C)C)C(=O)OCc1ccccc1. The fourth-order valence-electron chi connectivity index (χ4n) is 4.83. The van der Waals surface area contributed by atoms with Crippen molar-refractivity contribution in [1.82, 2.24) is 20.4 Å². The number of aliphatic hydroxyl groups excluding tert-OH is 1. The van der Waals surface area contributed by atoms with Crippen LogP contribution in [0.25, 0.3) is 0 Å². The Labute approximate surface area is 257 Å². The molecular weight excluding hydrogens is 566 g/mol. The standard InChI is InChI=1S/C32H43N5O7/c1-32(2,3)35-29(41)25-16-11-17-37(25)30(42)27(39)24(18-21-12-7-5-8-13-21)34-28(40)23(33)19-26(38)36(4)31(43)44-20-22-14-9-6-10-15-22/h5-10,12-15,23-25,27,39H,11,16-20,33H2,1-4H3,(H,34,40)(H,35,41)/t23-,24-,25-,27-/m0/s1. The number of nitrogens with two attached hydrogens (primary N) is 1. The molecule has 238 valence electrons. The van der Waals surface area contributed by atoms with E-state index in [0.29, 0.717) is 12.8 Å². The van der Waals surface area contributed by atoms with Crippen LogP contribution < -0.4 is 16.4 Å². The van der Waals surface area contributed by atoms with Gasteiger partial charge in [-0.3, -0.25) is 24.1 Å². The quantitative estimate of drug-likeness (QED) is 0.297. The molecule has 1 heterocycles. The highest BCUT2D eigenvalue weighted by Crippen LogP contribution is 2.21. The lowest BCUT2D eigenvalue weighted by atomic mass is 9.99. The van der Waals surface area contributed by atoms with Crippen LogP contribution in [-0.2, 0) is 36.9 Å². The molecule has 44 heavy (non-hydrogen) atoms. The summed E-state index contributed by atoms with van der Waals surface area (Å²) in [6.07, 6.45) is -1.99. The maximum Gasteiger partial charge on any atom is 0.416 e. The summed E-state index contributed by atoms with van der Waals surface area (Å²) >= 11 is 0. The van der Waals surface area contributed by atoms with Gasteiger partial charge in [-0.25, -0.2) is 4.79 Å². The Morgan fingerprint density at radius 2 is 1.61 bits per heavy atom. The van der Waals surface area contributed by atoms with Crippen LogP contribution in [0.2, 0.25) is 0 Å². The lowest BCUT2D eigenvalue weighted by Gasteiger charge is -2.32. The van der Waals surface area contributed by atoms with E-state index < -0.39 is 60.0 Å².